The molecule has 0 aliphatic heterocycles. The summed E-state index contributed by atoms with van der Waals surface area (Å²) in [5.74, 6) is 0. The lowest BCUT2D eigenvalue weighted by molar-refractivity contribution is 0.211. The topological polar surface area (TPSA) is 47.1 Å². The first kappa shape index (κ1) is 13.2. The number of hydrogen-bond acceptors (Lipinski definition) is 3. The van der Waals surface area contributed by atoms with Crippen molar-refractivity contribution in [1.82, 2.24) is 14.5 Å². The highest BCUT2D eigenvalue weighted by atomic mass is 15.1. The van der Waals surface area contributed by atoms with Crippen LogP contribution in [0.3, 0.4) is 0 Å². The number of imidazole rings is 1. The van der Waals surface area contributed by atoms with Crippen molar-refractivity contribution in [3.8, 4) is 0 Å². The second kappa shape index (κ2) is 6.01. The van der Waals surface area contributed by atoms with Crippen molar-refractivity contribution >= 4 is 0 Å². The molecule has 0 radical (unpaired) electrons. The highest BCUT2D eigenvalue weighted by molar-refractivity contribution is 4.75. The molecule has 0 atom stereocenters. The van der Waals surface area contributed by atoms with Crippen molar-refractivity contribution in [2.45, 2.75) is 26.8 Å². The first-order chi connectivity index (χ1) is 7.53. The highest BCUT2D eigenvalue weighted by Gasteiger charge is 2.17. The van der Waals surface area contributed by atoms with Crippen LogP contribution in [0.5, 0.6) is 0 Å². The summed E-state index contributed by atoms with van der Waals surface area (Å²) >= 11 is 0. The molecule has 0 bridgehead atoms. The minimum absolute atomic E-state index is 0.212. The van der Waals surface area contributed by atoms with Crippen molar-refractivity contribution < 1.29 is 0 Å². The third-order valence-corrected chi connectivity index (χ3v) is 2.77. The van der Waals surface area contributed by atoms with Crippen molar-refractivity contribution in [2.75, 3.05) is 26.7 Å². The van der Waals surface area contributed by atoms with Gasteiger partial charge in [-0.25, -0.2) is 4.98 Å². The number of aryl methyl sites for hydroxylation is 1. The van der Waals surface area contributed by atoms with E-state index in [9.17, 15) is 0 Å². The van der Waals surface area contributed by atoms with Crippen LogP contribution < -0.4 is 5.73 Å². The van der Waals surface area contributed by atoms with Crippen LogP contribution in [0.25, 0.3) is 0 Å². The molecular weight excluding hydrogens is 200 g/mol. The average molecular weight is 224 g/mol. The van der Waals surface area contributed by atoms with E-state index in [2.05, 4.69) is 35.3 Å². The molecular formula is C12H24N4. The van der Waals surface area contributed by atoms with E-state index in [0.29, 0.717) is 0 Å². The molecule has 0 aromatic carbocycles. The predicted molar refractivity (Wildman–Crippen MR) is 67.2 cm³/mol. The molecule has 0 saturated carbocycles. The Morgan fingerprint density at radius 3 is 2.75 bits per heavy atom. The van der Waals surface area contributed by atoms with Gasteiger partial charge in [-0.15, -0.1) is 0 Å². The lowest BCUT2D eigenvalue weighted by Crippen LogP contribution is -2.37. The summed E-state index contributed by atoms with van der Waals surface area (Å²) in [4.78, 5) is 6.38. The maximum absolute atomic E-state index is 5.72. The normalized spacial score (nSPS) is 12.3. The van der Waals surface area contributed by atoms with Crippen LogP contribution in [-0.2, 0) is 6.54 Å². The maximum atomic E-state index is 5.72. The lowest BCUT2D eigenvalue weighted by atomic mass is 9.93. The molecule has 0 fully saturated rings. The van der Waals surface area contributed by atoms with Crippen molar-refractivity contribution in [3.63, 3.8) is 0 Å². The minimum atomic E-state index is 0.212. The van der Waals surface area contributed by atoms with Crippen LogP contribution in [0, 0.1) is 5.41 Å². The standard InChI is InChI=1S/C12H24N4/c1-12(2,9-13)10-15(3)6-4-7-16-8-5-14-11-16/h5,8,11H,4,6-7,9-10,13H2,1-3H3. The Morgan fingerprint density at radius 1 is 1.44 bits per heavy atom. The Hall–Kier alpha value is -0.870. The lowest BCUT2D eigenvalue weighted by Gasteiger charge is -2.28. The van der Waals surface area contributed by atoms with Crippen LogP contribution in [0.15, 0.2) is 18.7 Å². The van der Waals surface area contributed by atoms with Crippen LogP contribution in [0.2, 0.25) is 0 Å². The number of nitrogens with zero attached hydrogens (tertiary/aromatic N) is 3. The van der Waals surface area contributed by atoms with Crippen molar-refractivity contribution in [3.05, 3.63) is 18.7 Å². The van der Waals surface area contributed by atoms with Gasteiger partial charge in [0.2, 0.25) is 0 Å². The fraction of sp³-hybridized carbons (Fsp3) is 0.750. The van der Waals surface area contributed by atoms with E-state index in [4.69, 9.17) is 5.73 Å². The van der Waals surface area contributed by atoms with Gasteiger partial charge in [0.1, 0.15) is 0 Å². The molecule has 0 spiro atoms. The van der Waals surface area contributed by atoms with Gasteiger partial charge in [0.15, 0.2) is 0 Å². The molecule has 92 valence electrons. The zero-order valence-electron chi connectivity index (χ0n) is 10.7. The highest BCUT2D eigenvalue weighted by Crippen LogP contribution is 2.13. The second-order valence-electron chi connectivity index (χ2n) is 5.26. The van der Waals surface area contributed by atoms with Crippen molar-refractivity contribution in [1.29, 1.82) is 0 Å². The maximum Gasteiger partial charge on any atom is 0.0945 e. The Morgan fingerprint density at radius 2 is 2.19 bits per heavy atom. The van der Waals surface area contributed by atoms with E-state index in [1.165, 1.54) is 0 Å². The van der Waals surface area contributed by atoms with Gasteiger partial charge in [-0.1, -0.05) is 13.8 Å². The summed E-state index contributed by atoms with van der Waals surface area (Å²) in [6.07, 6.45) is 6.84. The zero-order chi connectivity index (χ0) is 12.0. The van der Waals surface area contributed by atoms with Crippen LogP contribution in [0.1, 0.15) is 20.3 Å². The fourth-order valence-electron chi connectivity index (χ4n) is 1.82. The van der Waals surface area contributed by atoms with Gasteiger partial charge in [0.25, 0.3) is 0 Å². The molecule has 4 nitrogen and oxygen atoms in total. The monoisotopic (exact) mass is 224 g/mol. The van der Waals surface area contributed by atoms with E-state index >= 15 is 0 Å². The Balaban J connectivity index is 2.18. The molecule has 4 heteroatoms. The molecule has 0 saturated heterocycles. The Kier molecular flexibility index (Phi) is 4.96. The van der Waals surface area contributed by atoms with Crippen LogP contribution in [0.4, 0.5) is 0 Å². The summed E-state index contributed by atoms with van der Waals surface area (Å²) in [6, 6.07) is 0. The second-order valence-corrected chi connectivity index (χ2v) is 5.26. The van der Waals surface area contributed by atoms with E-state index < -0.39 is 0 Å². The van der Waals surface area contributed by atoms with Gasteiger partial charge in [0, 0.05) is 25.5 Å². The summed E-state index contributed by atoms with van der Waals surface area (Å²) in [5, 5.41) is 0. The van der Waals surface area contributed by atoms with Crippen LogP contribution >= 0.6 is 0 Å². The summed E-state index contributed by atoms with van der Waals surface area (Å²) < 4.78 is 2.11. The van der Waals surface area contributed by atoms with Gasteiger partial charge < -0.3 is 15.2 Å². The SMILES string of the molecule is CN(CCCn1ccnc1)CC(C)(C)CN. The van der Waals surface area contributed by atoms with Gasteiger partial charge >= 0.3 is 0 Å². The molecule has 16 heavy (non-hydrogen) atoms. The quantitative estimate of drug-likeness (QED) is 0.757. The Labute approximate surface area is 98.5 Å². The summed E-state index contributed by atoms with van der Waals surface area (Å²) in [6.45, 7) is 8.33. The van der Waals surface area contributed by atoms with Gasteiger partial charge in [-0.3, -0.25) is 0 Å². The van der Waals surface area contributed by atoms with E-state index in [1.807, 2.05) is 18.7 Å². The summed E-state index contributed by atoms with van der Waals surface area (Å²) in [5.41, 5.74) is 5.93. The molecule has 1 heterocycles. The van der Waals surface area contributed by atoms with E-state index in [1.54, 1.807) is 0 Å². The third kappa shape index (κ3) is 4.77. The molecule has 0 amide bonds. The first-order valence-corrected chi connectivity index (χ1v) is 5.88. The first-order valence-electron chi connectivity index (χ1n) is 5.88. The molecule has 1 aromatic heterocycles. The molecule has 0 aliphatic carbocycles. The van der Waals surface area contributed by atoms with Crippen LogP contribution in [-0.4, -0.2) is 41.1 Å². The number of nitrogens with two attached hydrogens (primary N) is 1. The minimum Gasteiger partial charge on any atom is -0.337 e. The van der Waals surface area contributed by atoms with E-state index in [0.717, 1.165) is 32.6 Å². The number of rotatable bonds is 7. The molecule has 1 aromatic rings. The molecule has 0 aliphatic rings. The third-order valence-electron chi connectivity index (χ3n) is 2.77. The van der Waals surface area contributed by atoms with E-state index in [-0.39, 0.29) is 5.41 Å². The van der Waals surface area contributed by atoms with Gasteiger partial charge in [0.05, 0.1) is 6.33 Å². The number of aromatic nitrogens is 2. The van der Waals surface area contributed by atoms with Gasteiger partial charge in [-0.05, 0) is 32.0 Å². The van der Waals surface area contributed by atoms with Gasteiger partial charge in [-0.2, -0.15) is 0 Å². The average Bonchev–Trinajstić information content (AvgIpc) is 2.70. The number of hydrogen-bond donors (Lipinski definition) is 1. The summed E-state index contributed by atoms with van der Waals surface area (Å²) in [7, 11) is 2.16. The largest absolute Gasteiger partial charge is 0.337 e. The smallest absolute Gasteiger partial charge is 0.0945 e. The van der Waals surface area contributed by atoms with Crippen molar-refractivity contribution in [2.24, 2.45) is 11.1 Å². The fourth-order valence-corrected chi connectivity index (χ4v) is 1.82. The molecule has 1 rings (SSSR count). The predicted octanol–water partition coefficient (Wildman–Crippen LogP) is 1.19. The zero-order valence-corrected chi connectivity index (χ0v) is 10.7. The molecule has 0 unspecified atom stereocenters. The molecule has 2 N–H and O–H groups in total. The Bertz CT molecular complexity index is 279.